The second kappa shape index (κ2) is 7.28. The van der Waals surface area contributed by atoms with Gasteiger partial charge in [-0.3, -0.25) is 4.90 Å². The molecule has 1 unspecified atom stereocenters. The number of para-hydroxylation sites is 1. The first-order valence-corrected chi connectivity index (χ1v) is 8.30. The van der Waals surface area contributed by atoms with E-state index in [1.165, 1.54) is 18.5 Å². The maximum absolute atomic E-state index is 6.11. The van der Waals surface area contributed by atoms with E-state index in [0.717, 1.165) is 38.6 Å². The maximum Gasteiger partial charge on any atom is 0.0367 e. The van der Waals surface area contributed by atoms with Gasteiger partial charge in [-0.15, -0.1) is 0 Å². The summed E-state index contributed by atoms with van der Waals surface area (Å²) in [6.07, 6.45) is 2.46. The van der Waals surface area contributed by atoms with Gasteiger partial charge >= 0.3 is 0 Å². The smallest absolute Gasteiger partial charge is 0.0367 e. The molecule has 2 N–H and O–H groups in total. The third kappa shape index (κ3) is 4.21. The highest BCUT2D eigenvalue weighted by Gasteiger charge is 2.32. The van der Waals surface area contributed by atoms with Crippen LogP contribution in [0, 0.1) is 5.92 Å². The molecule has 21 heavy (non-hydrogen) atoms. The highest BCUT2D eigenvalue weighted by atomic mass is 15.3. The number of hydrogen-bond donors (Lipinski definition) is 1. The number of hydrogen-bond acceptors (Lipinski definition) is 3. The van der Waals surface area contributed by atoms with Crippen LogP contribution < -0.4 is 10.6 Å². The molecule has 118 valence electrons. The lowest BCUT2D eigenvalue weighted by Crippen LogP contribution is -2.59. The minimum atomic E-state index is 0.160. The van der Waals surface area contributed by atoms with Gasteiger partial charge in [-0.05, 0) is 37.8 Å². The molecule has 1 aromatic carbocycles. The highest BCUT2D eigenvalue weighted by molar-refractivity contribution is 5.46. The van der Waals surface area contributed by atoms with Crippen molar-refractivity contribution >= 4 is 5.69 Å². The quantitative estimate of drug-likeness (QED) is 0.874. The lowest BCUT2D eigenvalue weighted by molar-refractivity contribution is 0.0889. The molecule has 0 saturated carbocycles. The fourth-order valence-corrected chi connectivity index (χ4v) is 3.13. The minimum absolute atomic E-state index is 0.160. The van der Waals surface area contributed by atoms with Crippen molar-refractivity contribution < 1.29 is 0 Å². The van der Waals surface area contributed by atoms with Crippen LogP contribution in [0.3, 0.4) is 0 Å². The third-order valence-corrected chi connectivity index (χ3v) is 4.86. The summed E-state index contributed by atoms with van der Waals surface area (Å²) < 4.78 is 0. The Hall–Kier alpha value is -1.06. The van der Waals surface area contributed by atoms with E-state index in [0.29, 0.717) is 0 Å². The fraction of sp³-hybridized carbons (Fsp3) is 0.667. The van der Waals surface area contributed by atoms with Gasteiger partial charge < -0.3 is 10.6 Å². The van der Waals surface area contributed by atoms with E-state index in [1.54, 1.807) is 0 Å². The predicted octanol–water partition coefficient (Wildman–Crippen LogP) is 2.96. The Morgan fingerprint density at radius 1 is 1.10 bits per heavy atom. The summed E-state index contributed by atoms with van der Waals surface area (Å²) in [5.41, 5.74) is 7.62. The molecular weight excluding hydrogens is 258 g/mol. The van der Waals surface area contributed by atoms with Crippen LogP contribution in [0.25, 0.3) is 0 Å². The van der Waals surface area contributed by atoms with Crippen molar-refractivity contribution in [2.24, 2.45) is 11.7 Å². The predicted molar refractivity (Wildman–Crippen MR) is 91.8 cm³/mol. The van der Waals surface area contributed by atoms with Crippen LogP contribution in [0.1, 0.15) is 33.6 Å². The number of nitrogens with two attached hydrogens (primary N) is 1. The summed E-state index contributed by atoms with van der Waals surface area (Å²) in [7, 11) is 0. The summed E-state index contributed by atoms with van der Waals surface area (Å²) in [6, 6.07) is 10.7. The molecule has 0 bridgehead atoms. The first kappa shape index (κ1) is 16.3. The van der Waals surface area contributed by atoms with Crippen LogP contribution in [0.5, 0.6) is 0 Å². The lowest BCUT2D eigenvalue weighted by atomic mass is 9.89. The number of rotatable bonds is 6. The number of nitrogens with zero attached hydrogens (tertiary/aromatic N) is 2. The number of anilines is 1. The van der Waals surface area contributed by atoms with E-state index in [4.69, 9.17) is 5.73 Å². The van der Waals surface area contributed by atoms with Crippen molar-refractivity contribution in [3.63, 3.8) is 0 Å². The molecule has 1 fully saturated rings. The van der Waals surface area contributed by atoms with Crippen LogP contribution in [0.4, 0.5) is 5.69 Å². The van der Waals surface area contributed by atoms with Crippen LogP contribution in [0.2, 0.25) is 0 Å². The molecule has 0 aromatic heterocycles. The molecule has 2 rings (SSSR count). The average molecular weight is 289 g/mol. The molecule has 0 aliphatic carbocycles. The van der Waals surface area contributed by atoms with Crippen LogP contribution in [-0.4, -0.2) is 43.2 Å². The SMILES string of the molecule is CC(C)CCC(C)(CN)N1CCN(c2ccccc2)CC1. The van der Waals surface area contributed by atoms with Gasteiger partial charge in [0.1, 0.15) is 0 Å². The van der Waals surface area contributed by atoms with E-state index in [1.807, 2.05) is 0 Å². The largest absolute Gasteiger partial charge is 0.369 e. The van der Waals surface area contributed by atoms with E-state index >= 15 is 0 Å². The van der Waals surface area contributed by atoms with Crippen molar-refractivity contribution in [2.75, 3.05) is 37.6 Å². The Morgan fingerprint density at radius 3 is 2.24 bits per heavy atom. The molecule has 3 nitrogen and oxygen atoms in total. The van der Waals surface area contributed by atoms with Gasteiger partial charge in [-0.1, -0.05) is 32.0 Å². The normalized spacial score (nSPS) is 19.8. The summed E-state index contributed by atoms with van der Waals surface area (Å²) in [6.45, 7) is 12.1. The molecule has 0 spiro atoms. The zero-order valence-corrected chi connectivity index (χ0v) is 13.9. The molecule has 0 amide bonds. The molecule has 3 heteroatoms. The van der Waals surface area contributed by atoms with Crippen molar-refractivity contribution in [2.45, 2.75) is 39.2 Å². The molecule has 1 heterocycles. The number of benzene rings is 1. The van der Waals surface area contributed by atoms with E-state index in [2.05, 4.69) is 60.9 Å². The fourth-order valence-electron chi connectivity index (χ4n) is 3.13. The summed E-state index contributed by atoms with van der Waals surface area (Å²) >= 11 is 0. The second-order valence-corrected chi connectivity index (χ2v) is 6.94. The average Bonchev–Trinajstić information content (AvgIpc) is 2.53. The topological polar surface area (TPSA) is 32.5 Å². The number of piperazine rings is 1. The summed E-state index contributed by atoms with van der Waals surface area (Å²) in [4.78, 5) is 5.09. The van der Waals surface area contributed by atoms with Gasteiger partial charge in [-0.25, -0.2) is 0 Å². The van der Waals surface area contributed by atoms with E-state index in [-0.39, 0.29) is 5.54 Å². The van der Waals surface area contributed by atoms with Gasteiger partial charge in [0.15, 0.2) is 0 Å². The summed E-state index contributed by atoms with van der Waals surface area (Å²) in [5, 5.41) is 0. The summed E-state index contributed by atoms with van der Waals surface area (Å²) in [5.74, 6) is 0.751. The Morgan fingerprint density at radius 2 is 1.71 bits per heavy atom. The Labute approximate surface area is 130 Å². The van der Waals surface area contributed by atoms with E-state index < -0.39 is 0 Å². The van der Waals surface area contributed by atoms with Crippen LogP contribution in [-0.2, 0) is 0 Å². The second-order valence-electron chi connectivity index (χ2n) is 6.94. The molecule has 1 aromatic rings. The Kier molecular flexibility index (Phi) is 5.65. The van der Waals surface area contributed by atoms with Crippen molar-refractivity contribution in [3.8, 4) is 0 Å². The maximum atomic E-state index is 6.11. The van der Waals surface area contributed by atoms with Gasteiger partial charge in [0.05, 0.1) is 0 Å². The van der Waals surface area contributed by atoms with Crippen LogP contribution in [0.15, 0.2) is 30.3 Å². The lowest BCUT2D eigenvalue weighted by Gasteiger charge is -2.46. The van der Waals surface area contributed by atoms with Crippen molar-refractivity contribution in [3.05, 3.63) is 30.3 Å². The van der Waals surface area contributed by atoms with Crippen LogP contribution >= 0.6 is 0 Å². The first-order valence-electron chi connectivity index (χ1n) is 8.30. The van der Waals surface area contributed by atoms with Crippen molar-refractivity contribution in [1.29, 1.82) is 0 Å². The third-order valence-electron chi connectivity index (χ3n) is 4.86. The van der Waals surface area contributed by atoms with E-state index in [9.17, 15) is 0 Å². The minimum Gasteiger partial charge on any atom is -0.369 e. The molecule has 1 saturated heterocycles. The molecular formula is C18H31N3. The molecule has 0 radical (unpaired) electrons. The Bertz CT molecular complexity index is 410. The molecule has 1 aliphatic heterocycles. The standard InChI is InChI=1S/C18H31N3/c1-16(2)9-10-18(3,15-19)21-13-11-20(12-14-21)17-7-5-4-6-8-17/h4-8,16H,9-15,19H2,1-3H3. The highest BCUT2D eigenvalue weighted by Crippen LogP contribution is 2.25. The first-order chi connectivity index (χ1) is 10.0. The molecule has 1 atom stereocenters. The van der Waals surface area contributed by atoms with Gasteiger partial charge in [0.25, 0.3) is 0 Å². The van der Waals surface area contributed by atoms with Gasteiger partial charge in [0, 0.05) is 44.0 Å². The van der Waals surface area contributed by atoms with Gasteiger partial charge in [0.2, 0.25) is 0 Å². The van der Waals surface area contributed by atoms with Crippen molar-refractivity contribution in [1.82, 2.24) is 4.90 Å². The zero-order valence-electron chi connectivity index (χ0n) is 13.9. The zero-order chi connectivity index (χ0) is 15.3. The molecule has 1 aliphatic rings. The monoisotopic (exact) mass is 289 g/mol. The van der Waals surface area contributed by atoms with Gasteiger partial charge in [-0.2, -0.15) is 0 Å². The Balaban J connectivity index is 1.92.